The highest BCUT2D eigenvalue weighted by molar-refractivity contribution is 7.07. The maximum absolute atomic E-state index is 12.7. The van der Waals surface area contributed by atoms with Crippen molar-refractivity contribution in [3.05, 3.63) is 82.0 Å². The summed E-state index contributed by atoms with van der Waals surface area (Å²) in [6.07, 6.45) is -2.48. The molecule has 1 N–H and O–H groups in total. The fourth-order valence-electron chi connectivity index (χ4n) is 3.68. The zero-order valence-electron chi connectivity index (χ0n) is 17.3. The average Bonchev–Trinajstić information content (AvgIpc) is 3.28. The molecular weight excluding hydrogens is 437 g/mol. The van der Waals surface area contributed by atoms with Crippen LogP contribution in [-0.2, 0) is 12.7 Å². The van der Waals surface area contributed by atoms with E-state index >= 15 is 0 Å². The van der Waals surface area contributed by atoms with E-state index in [2.05, 4.69) is 27.0 Å². The third-order valence-corrected chi connectivity index (χ3v) is 6.12. The molecule has 0 atom stereocenters. The molecule has 0 aliphatic carbocycles. The number of hydrogen-bond donors (Lipinski definition) is 1. The minimum atomic E-state index is -4.43. The van der Waals surface area contributed by atoms with E-state index in [4.69, 9.17) is 4.74 Å². The Labute approximate surface area is 188 Å². The van der Waals surface area contributed by atoms with Gasteiger partial charge in [0.05, 0.1) is 5.56 Å². The van der Waals surface area contributed by atoms with Gasteiger partial charge in [0.15, 0.2) is 0 Å². The van der Waals surface area contributed by atoms with Crippen LogP contribution in [0.4, 0.5) is 18.9 Å². The Kier molecular flexibility index (Phi) is 6.81. The Bertz CT molecular complexity index is 1030. The Balaban J connectivity index is 1.30. The van der Waals surface area contributed by atoms with Crippen molar-refractivity contribution in [1.82, 2.24) is 4.90 Å². The molecular formula is C24H23F3N2O2S. The predicted molar refractivity (Wildman–Crippen MR) is 119 cm³/mol. The average molecular weight is 461 g/mol. The summed E-state index contributed by atoms with van der Waals surface area (Å²) < 4.78 is 44.2. The smallest absolute Gasteiger partial charge is 0.416 e. The molecule has 0 saturated carbocycles. The van der Waals surface area contributed by atoms with Crippen molar-refractivity contribution >= 4 is 22.9 Å². The lowest BCUT2D eigenvalue weighted by molar-refractivity contribution is -0.137. The number of nitrogens with zero attached hydrogens (tertiary/aromatic N) is 1. The maximum atomic E-state index is 12.7. The van der Waals surface area contributed by atoms with E-state index in [0.29, 0.717) is 11.4 Å². The van der Waals surface area contributed by atoms with Crippen molar-refractivity contribution in [2.45, 2.75) is 31.7 Å². The van der Waals surface area contributed by atoms with Gasteiger partial charge in [-0.3, -0.25) is 9.69 Å². The molecule has 1 aliphatic rings. The normalized spacial score (nSPS) is 15.5. The number of carbonyl (C=O) groups excluding carboxylic acids is 1. The lowest BCUT2D eigenvalue weighted by Gasteiger charge is -2.32. The number of ether oxygens (including phenoxy) is 1. The number of amides is 1. The molecule has 3 aromatic rings. The van der Waals surface area contributed by atoms with Gasteiger partial charge in [-0.25, -0.2) is 0 Å². The van der Waals surface area contributed by atoms with Crippen LogP contribution in [0.2, 0.25) is 0 Å². The molecule has 1 saturated heterocycles. The molecule has 0 unspecified atom stereocenters. The van der Waals surface area contributed by atoms with E-state index in [1.165, 1.54) is 17.7 Å². The summed E-state index contributed by atoms with van der Waals surface area (Å²) in [5.41, 5.74) is 1.24. The fourth-order valence-corrected chi connectivity index (χ4v) is 4.34. The number of thiophene rings is 1. The summed E-state index contributed by atoms with van der Waals surface area (Å²) in [4.78, 5) is 14.8. The van der Waals surface area contributed by atoms with Crippen LogP contribution in [0.25, 0.3) is 0 Å². The van der Waals surface area contributed by atoms with Crippen LogP contribution in [0.5, 0.6) is 5.75 Å². The second kappa shape index (κ2) is 9.75. The van der Waals surface area contributed by atoms with Gasteiger partial charge in [0.2, 0.25) is 0 Å². The van der Waals surface area contributed by atoms with Crippen molar-refractivity contribution in [2.24, 2.45) is 0 Å². The number of nitrogens with one attached hydrogen (secondary N) is 1. The third-order valence-electron chi connectivity index (χ3n) is 5.39. The van der Waals surface area contributed by atoms with E-state index in [1.54, 1.807) is 29.5 Å². The largest absolute Gasteiger partial charge is 0.490 e. The van der Waals surface area contributed by atoms with Gasteiger partial charge in [-0.1, -0.05) is 6.07 Å². The van der Waals surface area contributed by atoms with Gasteiger partial charge < -0.3 is 10.1 Å². The van der Waals surface area contributed by atoms with Crippen LogP contribution in [0.3, 0.4) is 0 Å². The second-order valence-electron chi connectivity index (χ2n) is 7.78. The molecule has 168 valence electrons. The second-order valence-corrected chi connectivity index (χ2v) is 8.56. The highest BCUT2D eigenvalue weighted by atomic mass is 32.1. The van der Waals surface area contributed by atoms with Crippen LogP contribution < -0.4 is 10.1 Å². The molecule has 1 aromatic heterocycles. The standard InChI is InChI=1S/C24H23F3N2O2S/c25-24(26,27)19-6-4-18(5-7-19)23(30)28-20-2-1-3-22(14-20)31-21-8-11-29(12-9-21)15-17-10-13-32-16-17/h1-7,10,13-14,16,21H,8-9,11-12,15H2,(H,28,30). The molecule has 1 aliphatic heterocycles. The molecule has 8 heteroatoms. The zero-order chi connectivity index (χ0) is 22.6. The summed E-state index contributed by atoms with van der Waals surface area (Å²) in [5.74, 6) is 0.184. The topological polar surface area (TPSA) is 41.6 Å². The number of benzene rings is 2. The van der Waals surface area contributed by atoms with E-state index in [1.807, 2.05) is 6.07 Å². The van der Waals surface area contributed by atoms with Crippen LogP contribution in [0.1, 0.15) is 34.3 Å². The van der Waals surface area contributed by atoms with E-state index in [9.17, 15) is 18.0 Å². The van der Waals surface area contributed by atoms with E-state index in [-0.39, 0.29) is 11.7 Å². The van der Waals surface area contributed by atoms with Crippen LogP contribution in [0, 0.1) is 0 Å². The minimum Gasteiger partial charge on any atom is -0.490 e. The number of carbonyl (C=O) groups is 1. The molecule has 0 spiro atoms. The summed E-state index contributed by atoms with van der Waals surface area (Å²) in [5, 5.41) is 6.98. The highest BCUT2D eigenvalue weighted by Crippen LogP contribution is 2.29. The Morgan fingerprint density at radius 3 is 2.50 bits per heavy atom. The summed E-state index contributed by atoms with van der Waals surface area (Å²) in [7, 11) is 0. The molecule has 2 heterocycles. The summed E-state index contributed by atoms with van der Waals surface area (Å²) >= 11 is 1.71. The van der Waals surface area contributed by atoms with Crippen molar-refractivity contribution in [3.8, 4) is 5.75 Å². The molecule has 2 aromatic carbocycles. The molecule has 1 fully saturated rings. The molecule has 0 radical (unpaired) electrons. The number of hydrogen-bond acceptors (Lipinski definition) is 4. The third kappa shape index (κ3) is 5.89. The molecule has 4 nitrogen and oxygen atoms in total. The van der Waals surface area contributed by atoms with Gasteiger partial charge in [-0.15, -0.1) is 0 Å². The van der Waals surface area contributed by atoms with Gasteiger partial charge in [0, 0.05) is 37.0 Å². The monoisotopic (exact) mass is 460 g/mol. The number of piperidine rings is 1. The molecule has 32 heavy (non-hydrogen) atoms. The van der Waals surface area contributed by atoms with Gasteiger partial charge in [0.25, 0.3) is 5.91 Å². The quantitative estimate of drug-likeness (QED) is 0.486. The first-order valence-electron chi connectivity index (χ1n) is 10.4. The summed E-state index contributed by atoms with van der Waals surface area (Å²) in [6, 6.07) is 13.4. The van der Waals surface area contributed by atoms with Crippen molar-refractivity contribution in [1.29, 1.82) is 0 Å². The molecule has 0 bridgehead atoms. The lowest BCUT2D eigenvalue weighted by atomic mass is 10.1. The highest BCUT2D eigenvalue weighted by Gasteiger charge is 2.30. The first-order valence-corrected chi connectivity index (χ1v) is 11.3. The first kappa shape index (κ1) is 22.4. The number of anilines is 1. The SMILES string of the molecule is O=C(Nc1cccc(OC2CCN(Cc3ccsc3)CC2)c1)c1ccc(C(F)(F)F)cc1. The van der Waals surface area contributed by atoms with Crippen molar-refractivity contribution in [2.75, 3.05) is 18.4 Å². The van der Waals surface area contributed by atoms with E-state index < -0.39 is 17.6 Å². The van der Waals surface area contributed by atoms with E-state index in [0.717, 1.165) is 44.6 Å². The fraction of sp³-hybridized carbons (Fsp3) is 0.292. The zero-order valence-corrected chi connectivity index (χ0v) is 18.1. The van der Waals surface area contributed by atoms with Gasteiger partial charge >= 0.3 is 6.18 Å². The Hall–Kier alpha value is -2.84. The maximum Gasteiger partial charge on any atom is 0.416 e. The van der Waals surface area contributed by atoms with Crippen LogP contribution >= 0.6 is 11.3 Å². The number of alkyl halides is 3. The Morgan fingerprint density at radius 2 is 1.84 bits per heavy atom. The predicted octanol–water partition coefficient (Wildman–Crippen LogP) is 6.06. The van der Waals surface area contributed by atoms with Gasteiger partial charge in [-0.2, -0.15) is 24.5 Å². The van der Waals surface area contributed by atoms with Gasteiger partial charge in [-0.05, 0) is 71.6 Å². The molecule has 4 rings (SSSR count). The number of rotatable bonds is 6. The first-order chi connectivity index (χ1) is 15.4. The number of halogens is 3. The lowest BCUT2D eigenvalue weighted by Crippen LogP contribution is -2.37. The summed E-state index contributed by atoms with van der Waals surface area (Å²) in [6.45, 7) is 2.89. The number of likely N-dealkylation sites (tertiary alicyclic amines) is 1. The molecule has 1 amide bonds. The van der Waals surface area contributed by atoms with Gasteiger partial charge in [0.1, 0.15) is 11.9 Å². The minimum absolute atomic E-state index is 0.106. The van der Waals surface area contributed by atoms with Crippen LogP contribution in [0.15, 0.2) is 65.4 Å². The van der Waals surface area contributed by atoms with Crippen molar-refractivity contribution in [3.63, 3.8) is 0 Å². The Morgan fingerprint density at radius 1 is 1.09 bits per heavy atom. The van der Waals surface area contributed by atoms with Crippen molar-refractivity contribution < 1.29 is 22.7 Å². The van der Waals surface area contributed by atoms with Crippen LogP contribution in [-0.4, -0.2) is 30.0 Å².